The lowest BCUT2D eigenvalue weighted by atomic mass is 10.1. The van der Waals surface area contributed by atoms with Gasteiger partial charge in [-0.15, -0.1) is 0 Å². The van der Waals surface area contributed by atoms with E-state index in [-0.39, 0.29) is 16.9 Å². The van der Waals surface area contributed by atoms with Gasteiger partial charge in [0, 0.05) is 6.08 Å². The molecule has 2 N–H and O–H groups in total. The highest BCUT2D eigenvalue weighted by atomic mass is 19.1. The van der Waals surface area contributed by atoms with E-state index in [0.717, 1.165) is 5.56 Å². The van der Waals surface area contributed by atoms with Crippen molar-refractivity contribution in [2.24, 2.45) is 0 Å². The lowest BCUT2D eigenvalue weighted by Crippen LogP contribution is -2.22. The predicted octanol–water partition coefficient (Wildman–Crippen LogP) is 4.59. The van der Waals surface area contributed by atoms with Crippen LogP contribution in [0.3, 0.4) is 0 Å². The number of anilines is 2. The Morgan fingerprint density at radius 1 is 0.941 bits per heavy atom. The van der Waals surface area contributed by atoms with Gasteiger partial charge in [0.05, 0.1) is 24.0 Å². The van der Waals surface area contributed by atoms with Gasteiger partial charge in [0.15, 0.2) is 6.61 Å². The van der Waals surface area contributed by atoms with E-state index in [2.05, 4.69) is 10.6 Å². The summed E-state index contributed by atoms with van der Waals surface area (Å²) in [7, 11) is 1.57. The second-order valence-corrected chi connectivity index (χ2v) is 7.25. The molecule has 8 heteroatoms. The summed E-state index contributed by atoms with van der Waals surface area (Å²) in [6.07, 6.45) is 2.94. The van der Waals surface area contributed by atoms with Crippen LogP contribution in [-0.4, -0.2) is 31.5 Å². The summed E-state index contributed by atoms with van der Waals surface area (Å²) in [5.74, 6) is -1.85. The number of carbonyl (C=O) groups excluding carboxylic acids is 3. The van der Waals surface area contributed by atoms with E-state index in [4.69, 9.17) is 9.47 Å². The van der Waals surface area contributed by atoms with Crippen molar-refractivity contribution >= 4 is 35.2 Å². The average Bonchev–Trinajstić information content (AvgIpc) is 2.83. The molecule has 0 aliphatic rings. The highest BCUT2D eigenvalue weighted by Gasteiger charge is 2.16. The summed E-state index contributed by atoms with van der Waals surface area (Å²) in [4.78, 5) is 36.9. The minimum atomic E-state index is -0.811. The fourth-order valence-electron chi connectivity index (χ4n) is 2.95. The number of nitrogens with one attached hydrogen (secondary N) is 2. The Kier molecular flexibility index (Phi) is 8.12. The highest BCUT2D eigenvalue weighted by Crippen LogP contribution is 2.18. The van der Waals surface area contributed by atoms with Crippen molar-refractivity contribution in [1.29, 1.82) is 0 Å². The molecule has 0 radical (unpaired) electrons. The maximum absolute atomic E-state index is 13.9. The monoisotopic (exact) mass is 462 g/mol. The summed E-state index contributed by atoms with van der Waals surface area (Å²) in [6, 6.07) is 17.7. The van der Waals surface area contributed by atoms with Crippen molar-refractivity contribution in [3.8, 4) is 5.75 Å². The first-order valence-corrected chi connectivity index (χ1v) is 10.3. The number of methoxy groups -OCH3 is 1. The molecule has 0 spiro atoms. The van der Waals surface area contributed by atoms with Crippen LogP contribution in [0.1, 0.15) is 21.5 Å². The maximum Gasteiger partial charge on any atom is 0.340 e. The quantitative estimate of drug-likeness (QED) is 0.377. The van der Waals surface area contributed by atoms with Gasteiger partial charge in [0.1, 0.15) is 11.6 Å². The molecule has 0 unspecified atom stereocenters. The van der Waals surface area contributed by atoms with E-state index in [1.165, 1.54) is 30.3 Å². The minimum Gasteiger partial charge on any atom is -0.497 e. The van der Waals surface area contributed by atoms with Gasteiger partial charge in [-0.25, -0.2) is 9.18 Å². The van der Waals surface area contributed by atoms with Gasteiger partial charge < -0.3 is 20.1 Å². The summed E-state index contributed by atoms with van der Waals surface area (Å²) in [5, 5.41) is 4.98. The molecule has 3 aromatic carbocycles. The van der Waals surface area contributed by atoms with Crippen molar-refractivity contribution in [2.45, 2.75) is 6.92 Å². The molecule has 2 amide bonds. The molecule has 7 nitrogen and oxygen atoms in total. The number of ether oxygens (including phenoxy) is 2. The van der Waals surface area contributed by atoms with Gasteiger partial charge in [-0.1, -0.05) is 30.3 Å². The van der Waals surface area contributed by atoms with Crippen LogP contribution < -0.4 is 15.4 Å². The molecule has 0 aliphatic heterocycles. The Bertz CT molecular complexity index is 1220. The zero-order valence-corrected chi connectivity index (χ0v) is 18.6. The third-order valence-electron chi connectivity index (χ3n) is 4.68. The SMILES string of the molecule is COc1ccc(/C=C/C(=O)Nc2ccccc2C(=O)OCC(=O)Nc2ccc(C)cc2F)cc1. The van der Waals surface area contributed by atoms with E-state index in [0.29, 0.717) is 11.3 Å². The van der Waals surface area contributed by atoms with E-state index in [9.17, 15) is 18.8 Å². The first-order chi connectivity index (χ1) is 16.4. The molecule has 34 heavy (non-hydrogen) atoms. The van der Waals surface area contributed by atoms with Crippen molar-refractivity contribution in [3.05, 3.63) is 95.3 Å². The average molecular weight is 462 g/mol. The van der Waals surface area contributed by atoms with Crippen molar-refractivity contribution in [3.63, 3.8) is 0 Å². The zero-order valence-electron chi connectivity index (χ0n) is 18.6. The van der Waals surface area contributed by atoms with Crippen LogP contribution in [0, 0.1) is 12.7 Å². The lowest BCUT2D eigenvalue weighted by Gasteiger charge is -2.11. The minimum absolute atomic E-state index is 0.0111. The second-order valence-electron chi connectivity index (χ2n) is 7.25. The lowest BCUT2D eigenvalue weighted by molar-refractivity contribution is -0.119. The smallest absolute Gasteiger partial charge is 0.340 e. The van der Waals surface area contributed by atoms with Crippen LogP contribution in [0.5, 0.6) is 5.75 Å². The van der Waals surface area contributed by atoms with Crippen molar-refractivity contribution in [1.82, 2.24) is 0 Å². The number of hydrogen-bond donors (Lipinski definition) is 2. The van der Waals surface area contributed by atoms with E-state index >= 15 is 0 Å². The Hall–Kier alpha value is -4.46. The normalized spacial score (nSPS) is 10.6. The van der Waals surface area contributed by atoms with Crippen molar-refractivity contribution in [2.75, 3.05) is 24.4 Å². The number of amides is 2. The van der Waals surface area contributed by atoms with Crippen LogP contribution in [-0.2, 0) is 14.3 Å². The second kappa shape index (κ2) is 11.4. The number of rotatable bonds is 8. The molecule has 0 bridgehead atoms. The number of carbonyl (C=O) groups is 3. The molecule has 0 saturated heterocycles. The van der Waals surface area contributed by atoms with Gasteiger partial charge in [0.2, 0.25) is 5.91 Å². The molecule has 0 heterocycles. The van der Waals surface area contributed by atoms with Gasteiger partial charge >= 0.3 is 5.97 Å². The van der Waals surface area contributed by atoms with E-state index in [1.807, 2.05) is 0 Å². The molecule has 174 valence electrons. The molecule has 0 aromatic heterocycles. The largest absolute Gasteiger partial charge is 0.497 e. The summed E-state index contributed by atoms with van der Waals surface area (Å²) < 4.78 is 24.0. The molecule has 0 atom stereocenters. The zero-order chi connectivity index (χ0) is 24.5. The molecule has 0 aliphatic carbocycles. The van der Waals surface area contributed by atoms with Crippen LogP contribution in [0.15, 0.2) is 72.8 Å². The number of para-hydroxylation sites is 1. The van der Waals surface area contributed by atoms with E-state index in [1.54, 1.807) is 62.6 Å². The Balaban J connectivity index is 1.58. The number of benzene rings is 3. The topological polar surface area (TPSA) is 93.7 Å². The molecular weight excluding hydrogens is 439 g/mol. The van der Waals surface area contributed by atoms with Gasteiger partial charge in [0.25, 0.3) is 5.91 Å². The summed E-state index contributed by atoms with van der Waals surface area (Å²) in [5.41, 5.74) is 1.78. The first kappa shape index (κ1) is 24.2. The van der Waals surface area contributed by atoms with Gasteiger partial charge in [-0.05, 0) is 60.5 Å². The molecule has 0 saturated carbocycles. The Morgan fingerprint density at radius 2 is 1.68 bits per heavy atom. The van der Waals surface area contributed by atoms with Crippen LogP contribution >= 0.6 is 0 Å². The third kappa shape index (κ3) is 6.77. The number of aryl methyl sites for hydroxylation is 1. The summed E-state index contributed by atoms with van der Waals surface area (Å²) >= 11 is 0. The fourth-order valence-corrected chi connectivity index (χ4v) is 2.95. The summed E-state index contributed by atoms with van der Waals surface area (Å²) in [6.45, 7) is 1.10. The molecule has 3 rings (SSSR count). The maximum atomic E-state index is 13.9. The fraction of sp³-hybridized carbons (Fsp3) is 0.115. The third-order valence-corrected chi connectivity index (χ3v) is 4.68. The Morgan fingerprint density at radius 3 is 2.38 bits per heavy atom. The van der Waals surface area contributed by atoms with Crippen LogP contribution in [0.2, 0.25) is 0 Å². The standard InChI is InChI=1S/C26H23FN2O5/c1-17-7-13-23(21(27)15-17)29-25(31)16-34-26(32)20-5-3-4-6-22(20)28-24(30)14-10-18-8-11-19(33-2)12-9-18/h3-15H,16H2,1-2H3,(H,28,30)(H,29,31)/b14-10+. The molecule has 0 fully saturated rings. The van der Waals surface area contributed by atoms with Gasteiger partial charge in [-0.3, -0.25) is 9.59 Å². The van der Waals surface area contributed by atoms with Crippen molar-refractivity contribution < 1.29 is 28.2 Å². The van der Waals surface area contributed by atoms with Crippen LogP contribution in [0.25, 0.3) is 6.08 Å². The number of esters is 1. The van der Waals surface area contributed by atoms with E-state index < -0.39 is 30.2 Å². The molecular formula is C26H23FN2O5. The highest BCUT2D eigenvalue weighted by molar-refractivity contribution is 6.06. The predicted molar refractivity (Wildman–Crippen MR) is 127 cm³/mol. The van der Waals surface area contributed by atoms with Crippen LogP contribution in [0.4, 0.5) is 15.8 Å². The van der Waals surface area contributed by atoms with Gasteiger partial charge in [-0.2, -0.15) is 0 Å². The first-order valence-electron chi connectivity index (χ1n) is 10.3. The number of hydrogen-bond acceptors (Lipinski definition) is 5. The molecule has 3 aromatic rings. The Labute approximate surface area is 196 Å². The number of halogens is 1.